The van der Waals surface area contributed by atoms with Crippen molar-refractivity contribution >= 4 is 23.2 Å². The fourth-order valence-electron chi connectivity index (χ4n) is 2.99. The van der Waals surface area contributed by atoms with Crippen molar-refractivity contribution in [3.63, 3.8) is 0 Å². The van der Waals surface area contributed by atoms with Gasteiger partial charge in [0.1, 0.15) is 0 Å². The molecular formula is C19H18N2O3. The van der Waals surface area contributed by atoms with Gasteiger partial charge < -0.3 is 10.6 Å². The maximum absolute atomic E-state index is 13.0. The highest BCUT2D eigenvalue weighted by atomic mass is 16.2. The van der Waals surface area contributed by atoms with Crippen molar-refractivity contribution in [3.8, 4) is 0 Å². The SMILES string of the molecule is CCNC(=O)c1ccc2c(c1NCC)C(=O)c1ccccc1C2=O. The van der Waals surface area contributed by atoms with Crippen LogP contribution in [0.3, 0.4) is 0 Å². The minimum absolute atomic E-state index is 0.193. The molecule has 5 heteroatoms. The summed E-state index contributed by atoms with van der Waals surface area (Å²) in [5.74, 6) is -0.695. The smallest absolute Gasteiger partial charge is 0.253 e. The molecular weight excluding hydrogens is 304 g/mol. The first-order valence-corrected chi connectivity index (χ1v) is 7.97. The van der Waals surface area contributed by atoms with Crippen molar-refractivity contribution in [1.82, 2.24) is 5.32 Å². The van der Waals surface area contributed by atoms with Crippen molar-refractivity contribution in [3.05, 3.63) is 64.2 Å². The highest BCUT2D eigenvalue weighted by Gasteiger charge is 2.33. The molecule has 1 aliphatic carbocycles. The van der Waals surface area contributed by atoms with E-state index in [0.717, 1.165) is 0 Å². The first kappa shape index (κ1) is 15.9. The van der Waals surface area contributed by atoms with Crippen LogP contribution in [0, 0.1) is 0 Å². The zero-order chi connectivity index (χ0) is 17.3. The molecule has 0 saturated carbocycles. The van der Waals surface area contributed by atoms with Gasteiger partial charge in [-0.3, -0.25) is 14.4 Å². The summed E-state index contributed by atoms with van der Waals surface area (Å²) in [6, 6.07) is 9.94. The van der Waals surface area contributed by atoms with Gasteiger partial charge in [-0.2, -0.15) is 0 Å². The minimum atomic E-state index is -0.268. The second kappa shape index (κ2) is 6.28. The third kappa shape index (κ3) is 2.38. The molecule has 0 atom stereocenters. The normalized spacial score (nSPS) is 12.4. The Morgan fingerprint density at radius 1 is 0.875 bits per heavy atom. The summed E-state index contributed by atoms with van der Waals surface area (Å²) in [5.41, 5.74) is 2.20. The summed E-state index contributed by atoms with van der Waals surface area (Å²) in [6.45, 7) is 4.72. The van der Waals surface area contributed by atoms with Crippen LogP contribution in [0.25, 0.3) is 0 Å². The number of anilines is 1. The van der Waals surface area contributed by atoms with E-state index in [4.69, 9.17) is 0 Å². The average Bonchev–Trinajstić information content (AvgIpc) is 2.60. The zero-order valence-corrected chi connectivity index (χ0v) is 13.6. The van der Waals surface area contributed by atoms with Crippen LogP contribution in [0.2, 0.25) is 0 Å². The van der Waals surface area contributed by atoms with E-state index in [1.54, 1.807) is 36.4 Å². The molecule has 0 aromatic heterocycles. The molecule has 0 unspecified atom stereocenters. The van der Waals surface area contributed by atoms with E-state index in [-0.39, 0.29) is 23.0 Å². The van der Waals surface area contributed by atoms with E-state index >= 15 is 0 Å². The van der Waals surface area contributed by atoms with Gasteiger partial charge in [0.05, 0.1) is 16.8 Å². The van der Waals surface area contributed by atoms with Crippen LogP contribution in [0.4, 0.5) is 5.69 Å². The molecule has 0 bridgehead atoms. The summed E-state index contributed by atoms with van der Waals surface area (Å²) in [4.78, 5) is 38.0. The highest BCUT2D eigenvalue weighted by Crippen LogP contribution is 2.34. The Hall–Kier alpha value is -2.95. The lowest BCUT2D eigenvalue weighted by Gasteiger charge is -2.22. The third-order valence-electron chi connectivity index (χ3n) is 4.03. The molecule has 0 saturated heterocycles. The standard InChI is InChI=1S/C19H18N2O3/c1-3-20-16-14(19(24)21-4-2)10-9-13-15(16)18(23)12-8-6-5-7-11(12)17(13)22/h5-10,20H,3-4H2,1-2H3,(H,21,24). The number of nitrogens with one attached hydrogen (secondary N) is 2. The summed E-state index contributed by atoms with van der Waals surface area (Å²) in [5, 5.41) is 5.83. The lowest BCUT2D eigenvalue weighted by molar-refractivity contribution is 0.0954. The number of rotatable bonds is 4. The number of benzene rings is 2. The van der Waals surface area contributed by atoms with Crippen LogP contribution < -0.4 is 10.6 Å². The van der Waals surface area contributed by atoms with Gasteiger partial charge in [0.15, 0.2) is 11.6 Å². The lowest BCUT2D eigenvalue weighted by Crippen LogP contribution is -2.28. The van der Waals surface area contributed by atoms with Crippen LogP contribution in [-0.2, 0) is 0 Å². The van der Waals surface area contributed by atoms with Crippen LogP contribution in [-0.4, -0.2) is 30.6 Å². The Morgan fingerprint density at radius 2 is 1.54 bits per heavy atom. The van der Waals surface area contributed by atoms with Crippen LogP contribution in [0.1, 0.15) is 56.0 Å². The molecule has 5 nitrogen and oxygen atoms in total. The number of hydrogen-bond donors (Lipinski definition) is 2. The number of carbonyl (C=O) groups excluding carboxylic acids is 3. The summed E-state index contributed by atoms with van der Waals surface area (Å²) >= 11 is 0. The van der Waals surface area contributed by atoms with Crippen LogP contribution >= 0.6 is 0 Å². The monoisotopic (exact) mass is 322 g/mol. The largest absolute Gasteiger partial charge is 0.384 e. The first-order valence-electron chi connectivity index (χ1n) is 7.97. The summed E-state index contributed by atoms with van der Waals surface area (Å²) < 4.78 is 0. The van der Waals surface area contributed by atoms with E-state index in [1.807, 2.05) is 13.8 Å². The van der Waals surface area contributed by atoms with Gasteiger partial charge in [-0.05, 0) is 26.0 Å². The fraction of sp³-hybridized carbons (Fsp3) is 0.211. The maximum Gasteiger partial charge on any atom is 0.253 e. The molecule has 1 amide bonds. The molecule has 0 heterocycles. The van der Waals surface area contributed by atoms with E-state index < -0.39 is 0 Å². The average molecular weight is 322 g/mol. The third-order valence-corrected chi connectivity index (χ3v) is 4.03. The number of hydrogen-bond acceptors (Lipinski definition) is 4. The van der Waals surface area contributed by atoms with Gasteiger partial charge in [0.2, 0.25) is 0 Å². The maximum atomic E-state index is 13.0. The number of amides is 1. The molecule has 2 N–H and O–H groups in total. The Balaban J connectivity index is 2.25. The predicted octanol–water partition coefficient (Wildman–Crippen LogP) is 2.64. The Labute approximate surface area is 140 Å². The van der Waals surface area contributed by atoms with Gasteiger partial charge >= 0.3 is 0 Å². The van der Waals surface area contributed by atoms with Crippen LogP contribution in [0.5, 0.6) is 0 Å². The topological polar surface area (TPSA) is 75.3 Å². The summed E-state index contributed by atoms with van der Waals surface area (Å²) in [7, 11) is 0. The zero-order valence-electron chi connectivity index (χ0n) is 13.6. The molecule has 0 radical (unpaired) electrons. The van der Waals surface area contributed by atoms with E-state index in [9.17, 15) is 14.4 Å². The predicted molar refractivity (Wildman–Crippen MR) is 91.9 cm³/mol. The van der Waals surface area contributed by atoms with Gasteiger partial charge in [-0.15, -0.1) is 0 Å². The molecule has 0 spiro atoms. The number of fused-ring (bicyclic) bond motifs is 2. The van der Waals surface area contributed by atoms with Crippen molar-refractivity contribution in [2.24, 2.45) is 0 Å². The Morgan fingerprint density at radius 3 is 2.17 bits per heavy atom. The van der Waals surface area contributed by atoms with Crippen molar-refractivity contribution in [2.75, 3.05) is 18.4 Å². The second-order valence-corrected chi connectivity index (χ2v) is 5.50. The molecule has 0 aliphatic heterocycles. The van der Waals surface area contributed by atoms with Crippen molar-refractivity contribution in [1.29, 1.82) is 0 Å². The molecule has 3 rings (SSSR count). The molecule has 1 aliphatic rings. The van der Waals surface area contributed by atoms with E-state index in [1.165, 1.54) is 0 Å². The number of ketones is 2. The lowest BCUT2D eigenvalue weighted by atomic mass is 9.82. The molecule has 2 aromatic rings. The fourth-order valence-corrected chi connectivity index (χ4v) is 2.99. The van der Waals surface area contributed by atoms with Gasteiger partial charge in [0, 0.05) is 29.8 Å². The Kier molecular flexibility index (Phi) is 4.16. The molecule has 122 valence electrons. The Bertz CT molecular complexity index is 856. The summed E-state index contributed by atoms with van der Waals surface area (Å²) in [6.07, 6.45) is 0. The molecule has 2 aromatic carbocycles. The second-order valence-electron chi connectivity index (χ2n) is 5.50. The van der Waals surface area contributed by atoms with Crippen molar-refractivity contribution < 1.29 is 14.4 Å². The first-order chi connectivity index (χ1) is 11.6. The van der Waals surface area contributed by atoms with Gasteiger partial charge in [-0.25, -0.2) is 0 Å². The number of carbonyl (C=O) groups is 3. The van der Waals surface area contributed by atoms with Crippen LogP contribution in [0.15, 0.2) is 36.4 Å². The van der Waals surface area contributed by atoms with Gasteiger partial charge in [-0.1, -0.05) is 24.3 Å². The quantitative estimate of drug-likeness (QED) is 0.774. The van der Waals surface area contributed by atoms with Crippen molar-refractivity contribution in [2.45, 2.75) is 13.8 Å². The molecule has 24 heavy (non-hydrogen) atoms. The highest BCUT2D eigenvalue weighted by molar-refractivity contribution is 6.31. The van der Waals surface area contributed by atoms with Gasteiger partial charge in [0.25, 0.3) is 5.91 Å². The van der Waals surface area contributed by atoms with E-state index in [0.29, 0.717) is 41.0 Å². The van der Waals surface area contributed by atoms with E-state index in [2.05, 4.69) is 10.6 Å². The minimum Gasteiger partial charge on any atom is -0.384 e. The molecule has 0 fully saturated rings.